The van der Waals surface area contributed by atoms with Crippen LogP contribution < -0.4 is 10.9 Å². The molecule has 0 saturated heterocycles. The molecule has 4 bridgehead atoms. The average molecular weight is 391 g/mol. The van der Waals surface area contributed by atoms with Crippen molar-refractivity contribution < 1.29 is 9.59 Å². The van der Waals surface area contributed by atoms with Gasteiger partial charge in [0.25, 0.3) is 0 Å². The van der Waals surface area contributed by atoms with Gasteiger partial charge in [-0.3, -0.25) is 20.4 Å². The third-order valence-corrected chi connectivity index (χ3v) is 6.64. The van der Waals surface area contributed by atoms with Gasteiger partial charge in [-0.25, -0.2) is 0 Å². The van der Waals surface area contributed by atoms with Crippen LogP contribution in [0.1, 0.15) is 44.1 Å². The second-order valence-electron chi connectivity index (χ2n) is 8.00. The number of halogens is 1. The topological polar surface area (TPSA) is 58.2 Å². The van der Waals surface area contributed by atoms with E-state index in [1.165, 1.54) is 19.3 Å². The number of hydrogen-bond acceptors (Lipinski definition) is 2. The first-order valence-electron chi connectivity index (χ1n) is 8.86. The molecule has 1 aromatic carbocycles. The van der Waals surface area contributed by atoms with Crippen molar-refractivity contribution in [2.75, 3.05) is 0 Å². The Morgan fingerprint density at radius 1 is 0.958 bits per heavy atom. The van der Waals surface area contributed by atoms with Gasteiger partial charge in [-0.05, 0) is 74.0 Å². The van der Waals surface area contributed by atoms with E-state index in [-0.39, 0.29) is 23.7 Å². The summed E-state index contributed by atoms with van der Waals surface area (Å²) >= 11 is 3.38. The number of carbonyl (C=O) groups excluding carboxylic acids is 2. The fourth-order valence-corrected chi connectivity index (χ4v) is 5.74. The van der Waals surface area contributed by atoms with E-state index in [0.717, 1.165) is 47.1 Å². The number of hydrazine groups is 1. The average Bonchev–Trinajstić information content (AvgIpc) is 2.53. The van der Waals surface area contributed by atoms with Gasteiger partial charge in [0, 0.05) is 4.47 Å². The van der Waals surface area contributed by atoms with Gasteiger partial charge in [-0.15, -0.1) is 0 Å². The van der Waals surface area contributed by atoms with Crippen LogP contribution in [0.5, 0.6) is 0 Å². The maximum atomic E-state index is 12.8. The quantitative estimate of drug-likeness (QED) is 0.777. The number of hydrogen-bond donors (Lipinski definition) is 2. The Morgan fingerprint density at radius 3 is 2.04 bits per heavy atom. The lowest BCUT2D eigenvalue weighted by atomic mass is 9.49. The monoisotopic (exact) mass is 390 g/mol. The molecule has 128 valence electrons. The summed E-state index contributed by atoms with van der Waals surface area (Å²) in [6.07, 6.45) is 7.22. The largest absolute Gasteiger partial charge is 0.273 e. The summed E-state index contributed by atoms with van der Waals surface area (Å²) in [5.74, 6) is 2.03. The molecule has 0 aliphatic heterocycles. The Kier molecular flexibility index (Phi) is 4.15. The van der Waals surface area contributed by atoms with E-state index in [9.17, 15) is 9.59 Å². The van der Waals surface area contributed by atoms with Gasteiger partial charge in [0.05, 0.1) is 11.8 Å². The summed E-state index contributed by atoms with van der Waals surface area (Å²) in [6.45, 7) is 0. The van der Waals surface area contributed by atoms with Crippen LogP contribution in [0, 0.1) is 23.2 Å². The van der Waals surface area contributed by atoms with Crippen molar-refractivity contribution in [2.24, 2.45) is 23.2 Å². The first kappa shape index (κ1) is 16.1. The lowest BCUT2D eigenvalue weighted by Crippen LogP contribution is -2.56. The van der Waals surface area contributed by atoms with Crippen molar-refractivity contribution in [2.45, 2.75) is 44.9 Å². The Hall–Kier alpha value is -1.36. The molecule has 0 heterocycles. The van der Waals surface area contributed by atoms with Gasteiger partial charge >= 0.3 is 0 Å². The minimum Gasteiger partial charge on any atom is -0.273 e. The minimum absolute atomic E-state index is 0.0331. The van der Waals surface area contributed by atoms with Crippen molar-refractivity contribution >= 4 is 27.7 Å². The van der Waals surface area contributed by atoms with Gasteiger partial charge in [0.2, 0.25) is 11.8 Å². The van der Waals surface area contributed by atoms with E-state index in [2.05, 4.69) is 26.8 Å². The molecule has 4 saturated carbocycles. The number of carbonyl (C=O) groups is 2. The smallest absolute Gasteiger partial charge is 0.244 e. The van der Waals surface area contributed by atoms with Crippen molar-refractivity contribution in [3.63, 3.8) is 0 Å². The van der Waals surface area contributed by atoms with Gasteiger partial charge < -0.3 is 0 Å². The molecular weight excluding hydrogens is 368 g/mol. The second kappa shape index (κ2) is 6.17. The van der Waals surface area contributed by atoms with Gasteiger partial charge in [0.1, 0.15) is 0 Å². The van der Waals surface area contributed by atoms with Crippen LogP contribution in [-0.2, 0) is 16.0 Å². The van der Waals surface area contributed by atoms with Crippen LogP contribution in [0.4, 0.5) is 0 Å². The zero-order valence-electron chi connectivity index (χ0n) is 13.7. The zero-order chi connectivity index (χ0) is 16.7. The zero-order valence-corrected chi connectivity index (χ0v) is 15.3. The molecule has 0 spiro atoms. The molecule has 2 amide bonds. The molecule has 4 nitrogen and oxygen atoms in total. The van der Waals surface area contributed by atoms with Crippen molar-refractivity contribution in [1.82, 2.24) is 10.9 Å². The second-order valence-corrected chi connectivity index (χ2v) is 8.92. The van der Waals surface area contributed by atoms with E-state index in [0.29, 0.717) is 0 Å². The van der Waals surface area contributed by atoms with E-state index < -0.39 is 0 Å². The van der Waals surface area contributed by atoms with Crippen molar-refractivity contribution in [3.8, 4) is 0 Å². The number of amides is 2. The molecule has 4 fully saturated rings. The summed E-state index contributed by atoms with van der Waals surface area (Å²) in [7, 11) is 0. The standard InChI is InChI=1S/C19H23BrN2O2/c20-16-3-1-12(2-4-16)8-17(23)21-22-18(24)19-9-13-5-14(10-19)7-15(6-13)11-19/h1-4,13-15H,5-11H2,(H,21,23)(H,22,24). The van der Waals surface area contributed by atoms with E-state index in [1.807, 2.05) is 24.3 Å². The van der Waals surface area contributed by atoms with Crippen molar-refractivity contribution in [3.05, 3.63) is 34.3 Å². The van der Waals surface area contributed by atoms with E-state index in [1.54, 1.807) is 0 Å². The highest BCUT2D eigenvalue weighted by molar-refractivity contribution is 9.10. The van der Waals surface area contributed by atoms with Crippen LogP contribution in [0.25, 0.3) is 0 Å². The Balaban J connectivity index is 1.33. The summed E-state index contributed by atoms with van der Waals surface area (Å²) in [5, 5.41) is 0. The molecular formula is C19H23BrN2O2. The normalized spacial score (nSPS) is 33.3. The Bertz CT molecular complexity index is 621. The molecule has 5 heteroatoms. The molecule has 1 aromatic rings. The van der Waals surface area contributed by atoms with Crippen LogP contribution in [0.2, 0.25) is 0 Å². The SMILES string of the molecule is O=C(Cc1ccc(Br)cc1)NNC(=O)C12CC3CC(CC(C3)C1)C2. The van der Waals surface area contributed by atoms with Crippen LogP contribution in [0.15, 0.2) is 28.7 Å². The minimum atomic E-state index is -0.223. The Morgan fingerprint density at radius 2 is 1.50 bits per heavy atom. The van der Waals surface area contributed by atoms with E-state index >= 15 is 0 Å². The van der Waals surface area contributed by atoms with Crippen LogP contribution in [-0.4, -0.2) is 11.8 Å². The van der Waals surface area contributed by atoms with Crippen LogP contribution >= 0.6 is 15.9 Å². The first-order valence-corrected chi connectivity index (χ1v) is 9.65. The van der Waals surface area contributed by atoms with E-state index in [4.69, 9.17) is 0 Å². The molecule has 0 radical (unpaired) electrons. The molecule has 0 aromatic heterocycles. The van der Waals surface area contributed by atoms with Gasteiger partial charge in [-0.2, -0.15) is 0 Å². The highest BCUT2D eigenvalue weighted by Crippen LogP contribution is 2.59. The lowest BCUT2D eigenvalue weighted by molar-refractivity contribution is -0.148. The fraction of sp³-hybridized carbons (Fsp3) is 0.579. The third kappa shape index (κ3) is 3.10. The molecule has 0 unspecified atom stereocenters. The van der Waals surface area contributed by atoms with Crippen molar-refractivity contribution in [1.29, 1.82) is 0 Å². The molecule has 0 atom stereocenters. The van der Waals surface area contributed by atoms with Crippen LogP contribution in [0.3, 0.4) is 0 Å². The third-order valence-electron chi connectivity index (χ3n) is 6.11. The maximum absolute atomic E-state index is 12.8. The number of benzene rings is 1. The van der Waals surface area contributed by atoms with Gasteiger partial charge in [-0.1, -0.05) is 28.1 Å². The highest BCUT2D eigenvalue weighted by Gasteiger charge is 2.54. The molecule has 2 N–H and O–H groups in total. The summed E-state index contributed by atoms with van der Waals surface area (Å²) in [6, 6.07) is 7.64. The highest BCUT2D eigenvalue weighted by atomic mass is 79.9. The summed E-state index contributed by atoms with van der Waals surface area (Å²) < 4.78 is 0.988. The summed E-state index contributed by atoms with van der Waals surface area (Å²) in [5.41, 5.74) is 6.05. The number of nitrogens with one attached hydrogen (secondary N) is 2. The Labute approximate surface area is 150 Å². The fourth-order valence-electron chi connectivity index (χ4n) is 5.48. The lowest BCUT2D eigenvalue weighted by Gasteiger charge is -2.55. The molecule has 24 heavy (non-hydrogen) atoms. The first-order chi connectivity index (χ1) is 11.5. The molecule has 4 aliphatic carbocycles. The maximum Gasteiger partial charge on any atom is 0.244 e. The van der Waals surface area contributed by atoms with Gasteiger partial charge in [0.15, 0.2) is 0 Å². The molecule has 5 rings (SSSR count). The predicted molar refractivity (Wildman–Crippen MR) is 94.7 cm³/mol. The number of rotatable bonds is 3. The predicted octanol–water partition coefficient (Wildman–Crippen LogP) is 3.36. The molecule has 4 aliphatic rings. The summed E-state index contributed by atoms with van der Waals surface area (Å²) in [4.78, 5) is 24.9.